The van der Waals surface area contributed by atoms with Crippen LogP contribution >= 0.6 is 15.9 Å². The Morgan fingerprint density at radius 2 is 2.47 bits per heavy atom. The Balaban J connectivity index is 2.16. The molecule has 82 valence electrons. The van der Waals surface area contributed by atoms with Gasteiger partial charge in [0.2, 0.25) is 0 Å². The van der Waals surface area contributed by atoms with Crippen molar-refractivity contribution in [2.75, 3.05) is 31.3 Å². The van der Waals surface area contributed by atoms with Crippen molar-refractivity contribution in [3.8, 4) is 0 Å². The summed E-state index contributed by atoms with van der Waals surface area (Å²) >= 11 is 3.35. The third kappa shape index (κ3) is 2.48. The minimum absolute atomic E-state index is 0.0208. The predicted molar refractivity (Wildman–Crippen MR) is 61.0 cm³/mol. The van der Waals surface area contributed by atoms with E-state index in [-0.39, 0.29) is 12.6 Å². The lowest BCUT2D eigenvalue weighted by atomic mass is 10.2. The molecule has 1 fully saturated rings. The summed E-state index contributed by atoms with van der Waals surface area (Å²) < 4.78 is 6.27. The van der Waals surface area contributed by atoms with E-state index in [1.54, 1.807) is 6.20 Å². The number of aliphatic hydroxyl groups excluding tert-OH is 1. The van der Waals surface area contributed by atoms with E-state index < -0.39 is 0 Å². The molecule has 5 heteroatoms. The Bertz CT molecular complexity index is 318. The normalized spacial score (nSPS) is 21.7. The average Bonchev–Trinajstić information content (AvgIpc) is 2.30. The van der Waals surface area contributed by atoms with Gasteiger partial charge in [-0.25, -0.2) is 4.98 Å². The number of aromatic nitrogens is 1. The summed E-state index contributed by atoms with van der Waals surface area (Å²) in [6.07, 6.45) is 1.76. The molecule has 0 amide bonds. The number of nitrogens with zero attached hydrogens (tertiary/aromatic N) is 2. The Hall–Kier alpha value is -0.650. The first-order valence-corrected chi connectivity index (χ1v) is 5.67. The van der Waals surface area contributed by atoms with Crippen LogP contribution in [0, 0.1) is 0 Å². The minimum Gasteiger partial charge on any atom is -0.394 e. The molecule has 0 spiro atoms. The molecule has 1 aliphatic rings. The molecule has 1 N–H and O–H groups in total. The molecule has 0 bridgehead atoms. The summed E-state index contributed by atoms with van der Waals surface area (Å²) in [5, 5.41) is 9.22. The molecule has 1 aromatic heterocycles. The molecule has 0 radical (unpaired) electrons. The minimum atomic E-state index is 0.0208. The van der Waals surface area contributed by atoms with E-state index in [2.05, 4.69) is 25.8 Å². The van der Waals surface area contributed by atoms with Gasteiger partial charge in [0.25, 0.3) is 0 Å². The zero-order valence-electron chi connectivity index (χ0n) is 8.27. The maximum atomic E-state index is 9.22. The van der Waals surface area contributed by atoms with E-state index in [9.17, 15) is 5.11 Å². The highest BCUT2D eigenvalue weighted by Gasteiger charge is 2.23. The molecule has 0 aromatic carbocycles. The fraction of sp³-hybridized carbons (Fsp3) is 0.500. The van der Waals surface area contributed by atoms with Crippen LogP contribution in [0.3, 0.4) is 0 Å². The molecular weight excluding hydrogens is 260 g/mol. The highest BCUT2D eigenvalue weighted by Crippen LogP contribution is 2.18. The van der Waals surface area contributed by atoms with Crippen molar-refractivity contribution >= 4 is 21.7 Å². The maximum Gasteiger partial charge on any atom is 0.129 e. The lowest BCUT2D eigenvalue weighted by molar-refractivity contribution is 0.0723. The maximum absolute atomic E-state index is 9.22. The molecule has 1 atom stereocenters. The molecule has 0 aliphatic carbocycles. The van der Waals surface area contributed by atoms with E-state index >= 15 is 0 Å². The van der Waals surface area contributed by atoms with Crippen molar-refractivity contribution in [3.63, 3.8) is 0 Å². The molecule has 1 unspecified atom stereocenters. The largest absolute Gasteiger partial charge is 0.394 e. The summed E-state index contributed by atoms with van der Waals surface area (Å²) in [6, 6.07) is 3.91. The van der Waals surface area contributed by atoms with Gasteiger partial charge in [0.05, 0.1) is 25.9 Å². The summed E-state index contributed by atoms with van der Waals surface area (Å²) in [6.45, 7) is 2.13. The first-order valence-electron chi connectivity index (χ1n) is 4.88. The summed E-state index contributed by atoms with van der Waals surface area (Å²) in [7, 11) is 0. The fourth-order valence-electron chi connectivity index (χ4n) is 1.65. The second-order valence-electron chi connectivity index (χ2n) is 3.44. The first-order chi connectivity index (χ1) is 7.31. The standard InChI is InChI=1S/C10H13BrN2O2/c11-8-1-2-10(12-5-8)13-3-4-15-7-9(13)6-14/h1-2,5,9,14H,3-4,6-7H2. The van der Waals surface area contributed by atoms with Gasteiger partial charge >= 0.3 is 0 Å². The second kappa shape index (κ2) is 4.92. The van der Waals surface area contributed by atoms with Crippen molar-refractivity contribution in [1.82, 2.24) is 4.98 Å². The fourth-order valence-corrected chi connectivity index (χ4v) is 1.88. The molecule has 1 aliphatic heterocycles. The van der Waals surface area contributed by atoms with Crippen LogP contribution in [0.4, 0.5) is 5.82 Å². The van der Waals surface area contributed by atoms with Crippen molar-refractivity contribution in [2.45, 2.75) is 6.04 Å². The Morgan fingerprint density at radius 1 is 1.60 bits per heavy atom. The number of anilines is 1. The average molecular weight is 273 g/mol. The quantitative estimate of drug-likeness (QED) is 0.874. The number of rotatable bonds is 2. The lowest BCUT2D eigenvalue weighted by Gasteiger charge is -2.35. The molecule has 1 aromatic rings. The lowest BCUT2D eigenvalue weighted by Crippen LogP contribution is -2.48. The SMILES string of the molecule is OCC1COCCN1c1ccc(Br)cn1. The van der Waals surface area contributed by atoms with Crippen LogP contribution in [0.1, 0.15) is 0 Å². The molecule has 0 saturated carbocycles. The molecular formula is C10H13BrN2O2. The number of morpholine rings is 1. The van der Waals surface area contributed by atoms with Gasteiger partial charge in [-0.3, -0.25) is 0 Å². The van der Waals surface area contributed by atoms with Crippen LogP contribution in [0.15, 0.2) is 22.8 Å². The van der Waals surface area contributed by atoms with Crippen molar-refractivity contribution in [1.29, 1.82) is 0 Å². The van der Waals surface area contributed by atoms with Crippen molar-refractivity contribution in [3.05, 3.63) is 22.8 Å². The van der Waals surface area contributed by atoms with Gasteiger partial charge in [0, 0.05) is 17.2 Å². The topological polar surface area (TPSA) is 45.6 Å². The molecule has 2 rings (SSSR count). The van der Waals surface area contributed by atoms with Crippen molar-refractivity contribution in [2.24, 2.45) is 0 Å². The number of halogens is 1. The predicted octanol–water partition coefficient (Wildman–Crippen LogP) is 1.04. The Labute approximate surface area is 97.0 Å². The zero-order valence-corrected chi connectivity index (χ0v) is 9.85. The Kier molecular flexibility index (Phi) is 3.56. The third-order valence-electron chi connectivity index (χ3n) is 2.44. The van der Waals surface area contributed by atoms with Gasteiger partial charge in [-0.2, -0.15) is 0 Å². The van der Waals surface area contributed by atoms with Crippen LogP contribution in [-0.2, 0) is 4.74 Å². The molecule has 4 nitrogen and oxygen atoms in total. The van der Waals surface area contributed by atoms with Gasteiger partial charge in [-0.05, 0) is 28.1 Å². The van der Waals surface area contributed by atoms with E-state index in [1.807, 2.05) is 12.1 Å². The summed E-state index contributed by atoms with van der Waals surface area (Å²) in [4.78, 5) is 6.39. The summed E-state index contributed by atoms with van der Waals surface area (Å²) in [5.41, 5.74) is 0. The highest BCUT2D eigenvalue weighted by atomic mass is 79.9. The Morgan fingerprint density at radius 3 is 3.13 bits per heavy atom. The molecule has 1 saturated heterocycles. The smallest absolute Gasteiger partial charge is 0.129 e. The van der Waals surface area contributed by atoms with Crippen LogP contribution < -0.4 is 4.90 Å². The van der Waals surface area contributed by atoms with Gasteiger partial charge in [0.1, 0.15) is 5.82 Å². The van der Waals surface area contributed by atoms with Crippen LogP contribution in [0.25, 0.3) is 0 Å². The van der Waals surface area contributed by atoms with Gasteiger partial charge in [-0.15, -0.1) is 0 Å². The van der Waals surface area contributed by atoms with E-state index in [0.29, 0.717) is 13.2 Å². The van der Waals surface area contributed by atoms with E-state index in [0.717, 1.165) is 16.8 Å². The number of pyridine rings is 1. The first kappa shape index (κ1) is 10.9. The van der Waals surface area contributed by atoms with Crippen LogP contribution in [-0.4, -0.2) is 42.5 Å². The van der Waals surface area contributed by atoms with Crippen LogP contribution in [0.2, 0.25) is 0 Å². The van der Waals surface area contributed by atoms with Gasteiger partial charge < -0.3 is 14.7 Å². The second-order valence-corrected chi connectivity index (χ2v) is 4.35. The van der Waals surface area contributed by atoms with Crippen LogP contribution in [0.5, 0.6) is 0 Å². The van der Waals surface area contributed by atoms with Gasteiger partial charge in [-0.1, -0.05) is 0 Å². The number of hydrogen-bond donors (Lipinski definition) is 1. The van der Waals surface area contributed by atoms with E-state index in [4.69, 9.17) is 4.74 Å². The highest BCUT2D eigenvalue weighted by molar-refractivity contribution is 9.10. The number of ether oxygens (including phenoxy) is 1. The van der Waals surface area contributed by atoms with Crippen molar-refractivity contribution < 1.29 is 9.84 Å². The summed E-state index contributed by atoms with van der Waals surface area (Å²) in [5.74, 6) is 0.889. The number of aliphatic hydroxyl groups is 1. The van der Waals surface area contributed by atoms with Gasteiger partial charge in [0.15, 0.2) is 0 Å². The zero-order chi connectivity index (χ0) is 10.7. The third-order valence-corrected chi connectivity index (χ3v) is 2.91. The monoisotopic (exact) mass is 272 g/mol. The molecule has 15 heavy (non-hydrogen) atoms. The molecule has 2 heterocycles. The van der Waals surface area contributed by atoms with E-state index in [1.165, 1.54) is 0 Å². The number of hydrogen-bond acceptors (Lipinski definition) is 4.